The van der Waals surface area contributed by atoms with Crippen LogP contribution in [0.3, 0.4) is 0 Å². The summed E-state index contributed by atoms with van der Waals surface area (Å²) in [6.45, 7) is 16.6. The average Bonchev–Trinajstić information content (AvgIpc) is 2.34. The van der Waals surface area contributed by atoms with Crippen molar-refractivity contribution >= 4 is 0 Å². The molecule has 15 heavy (non-hydrogen) atoms. The van der Waals surface area contributed by atoms with E-state index in [0.717, 1.165) is 0 Å². The summed E-state index contributed by atoms with van der Waals surface area (Å²) >= 11 is 0. The third-order valence-corrected chi connectivity index (χ3v) is 2.42. The standard InChI is InChI=1S/C9H20N2.2C2H6/c1-3-4-5-11-8-6-10(2)7-9-11;2*1-2/h3-9H2,1-2H3;2*1-2H3. The van der Waals surface area contributed by atoms with Crippen LogP contribution in [0.4, 0.5) is 0 Å². The van der Waals surface area contributed by atoms with Crippen molar-refractivity contribution in [2.24, 2.45) is 0 Å². The topological polar surface area (TPSA) is 6.48 Å². The van der Waals surface area contributed by atoms with Crippen LogP contribution in [0.25, 0.3) is 0 Å². The highest BCUT2D eigenvalue weighted by Crippen LogP contribution is 2.00. The van der Waals surface area contributed by atoms with E-state index < -0.39 is 0 Å². The minimum Gasteiger partial charge on any atom is -0.304 e. The molecular formula is C13H32N2. The second-order valence-corrected chi connectivity index (χ2v) is 3.50. The Morgan fingerprint density at radius 2 is 1.33 bits per heavy atom. The zero-order valence-electron chi connectivity index (χ0n) is 11.8. The molecule has 0 aromatic heterocycles. The van der Waals surface area contributed by atoms with E-state index in [4.69, 9.17) is 0 Å². The van der Waals surface area contributed by atoms with Gasteiger partial charge in [-0.05, 0) is 20.0 Å². The number of unbranched alkanes of at least 4 members (excludes halogenated alkanes) is 1. The third-order valence-electron chi connectivity index (χ3n) is 2.42. The lowest BCUT2D eigenvalue weighted by Gasteiger charge is -2.32. The molecule has 1 fully saturated rings. The first-order valence-corrected chi connectivity index (χ1v) is 6.74. The number of hydrogen-bond donors (Lipinski definition) is 0. The normalized spacial score (nSPS) is 17.2. The first kappa shape index (κ1) is 17.3. The van der Waals surface area contributed by atoms with Gasteiger partial charge in [-0.15, -0.1) is 0 Å². The number of likely N-dealkylation sites (N-methyl/N-ethyl adjacent to an activating group) is 1. The van der Waals surface area contributed by atoms with E-state index in [-0.39, 0.29) is 0 Å². The van der Waals surface area contributed by atoms with Gasteiger partial charge >= 0.3 is 0 Å². The zero-order valence-corrected chi connectivity index (χ0v) is 11.8. The van der Waals surface area contributed by atoms with Crippen molar-refractivity contribution in [1.82, 2.24) is 9.80 Å². The molecule has 1 rings (SSSR count). The predicted molar refractivity (Wildman–Crippen MR) is 71.5 cm³/mol. The van der Waals surface area contributed by atoms with Gasteiger partial charge in [-0.2, -0.15) is 0 Å². The van der Waals surface area contributed by atoms with Gasteiger partial charge < -0.3 is 9.80 Å². The summed E-state index contributed by atoms with van der Waals surface area (Å²) in [5.74, 6) is 0. The van der Waals surface area contributed by atoms with Crippen molar-refractivity contribution in [3.8, 4) is 0 Å². The Morgan fingerprint density at radius 1 is 0.867 bits per heavy atom. The van der Waals surface area contributed by atoms with Crippen molar-refractivity contribution in [2.45, 2.75) is 47.5 Å². The smallest absolute Gasteiger partial charge is 0.0110 e. The lowest BCUT2D eigenvalue weighted by molar-refractivity contribution is 0.152. The van der Waals surface area contributed by atoms with Gasteiger partial charge in [0.25, 0.3) is 0 Å². The molecule has 0 unspecified atom stereocenters. The molecule has 2 nitrogen and oxygen atoms in total. The lowest BCUT2D eigenvalue weighted by atomic mass is 10.3. The molecule has 94 valence electrons. The van der Waals surface area contributed by atoms with Crippen molar-refractivity contribution in [2.75, 3.05) is 39.8 Å². The molecule has 0 bridgehead atoms. The third kappa shape index (κ3) is 10.2. The Morgan fingerprint density at radius 3 is 1.73 bits per heavy atom. The van der Waals surface area contributed by atoms with Crippen molar-refractivity contribution in [3.05, 3.63) is 0 Å². The van der Waals surface area contributed by atoms with Crippen molar-refractivity contribution in [3.63, 3.8) is 0 Å². The molecule has 1 aliphatic heterocycles. The highest BCUT2D eigenvalue weighted by molar-refractivity contribution is 4.68. The first-order chi connectivity index (χ1) is 7.33. The molecule has 0 N–H and O–H groups in total. The monoisotopic (exact) mass is 216 g/mol. The van der Waals surface area contributed by atoms with Gasteiger partial charge in [0.2, 0.25) is 0 Å². The fraction of sp³-hybridized carbons (Fsp3) is 1.00. The Labute approximate surface area is 97.6 Å². The predicted octanol–water partition coefficient (Wildman–Crippen LogP) is 3.09. The summed E-state index contributed by atoms with van der Waals surface area (Å²) in [6, 6.07) is 0. The highest BCUT2D eigenvalue weighted by atomic mass is 15.2. The molecule has 1 heterocycles. The molecule has 0 aromatic carbocycles. The molecule has 0 aliphatic carbocycles. The van der Waals surface area contributed by atoms with Crippen LogP contribution in [-0.2, 0) is 0 Å². The molecule has 2 heteroatoms. The van der Waals surface area contributed by atoms with Crippen LogP contribution in [-0.4, -0.2) is 49.6 Å². The van der Waals surface area contributed by atoms with E-state index in [0.29, 0.717) is 0 Å². The first-order valence-electron chi connectivity index (χ1n) is 6.74. The molecule has 0 amide bonds. The van der Waals surface area contributed by atoms with Crippen LogP contribution in [0.5, 0.6) is 0 Å². The van der Waals surface area contributed by atoms with Gasteiger partial charge in [-0.25, -0.2) is 0 Å². The maximum atomic E-state index is 2.57. The van der Waals surface area contributed by atoms with Crippen LogP contribution in [0, 0.1) is 0 Å². The second-order valence-electron chi connectivity index (χ2n) is 3.50. The Balaban J connectivity index is 0. The minimum atomic E-state index is 1.25. The number of rotatable bonds is 3. The van der Waals surface area contributed by atoms with Crippen molar-refractivity contribution < 1.29 is 0 Å². The molecule has 0 radical (unpaired) electrons. The lowest BCUT2D eigenvalue weighted by Crippen LogP contribution is -2.44. The summed E-state index contributed by atoms with van der Waals surface area (Å²) in [5.41, 5.74) is 0. The second kappa shape index (κ2) is 13.9. The SMILES string of the molecule is CC.CC.CCCCN1CCN(C)CC1. The molecule has 0 saturated carbocycles. The maximum Gasteiger partial charge on any atom is 0.0110 e. The summed E-state index contributed by atoms with van der Waals surface area (Å²) < 4.78 is 0. The quantitative estimate of drug-likeness (QED) is 0.715. The summed E-state index contributed by atoms with van der Waals surface area (Å²) in [5, 5.41) is 0. The molecular weight excluding hydrogens is 184 g/mol. The largest absolute Gasteiger partial charge is 0.304 e. The van der Waals surface area contributed by atoms with E-state index in [1.165, 1.54) is 45.6 Å². The van der Waals surface area contributed by atoms with Gasteiger partial charge in [0, 0.05) is 26.2 Å². The van der Waals surface area contributed by atoms with Gasteiger partial charge in [0.05, 0.1) is 0 Å². The van der Waals surface area contributed by atoms with Crippen LogP contribution in [0.2, 0.25) is 0 Å². The molecule has 1 aliphatic rings. The minimum absolute atomic E-state index is 1.25. The number of nitrogens with zero attached hydrogens (tertiary/aromatic N) is 2. The van der Waals surface area contributed by atoms with E-state index in [1.807, 2.05) is 27.7 Å². The van der Waals surface area contributed by atoms with Crippen LogP contribution in [0.15, 0.2) is 0 Å². The summed E-state index contributed by atoms with van der Waals surface area (Å²) in [7, 11) is 2.21. The zero-order chi connectivity index (χ0) is 12.1. The Kier molecular flexibility index (Phi) is 16.1. The molecule has 0 spiro atoms. The van der Waals surface area contributed by atoms with E-state index >= 15 is 0 Å². The van der Waals surface area contributed by atoms with Crippen LogP contribution in [0.1, 0.15) is 47.5 Å². The Hall–Kier alpha value is -0.0800. The summed E-state index contributed by atoms with van der Waals surface area (Å²) in [4.78, 5) is 4.98. The van der Waals surface area contributed by atoms with E-state index in [1.54, 1.807) is 0 Å². The van der Waals surface area contributed by atoms with Crippen LogP contribution >= 0.6 is 0 Å². The van der Waals surface area contributed by atoms with Gasteiger partial charge in [-0.3, -0.25) is 0 Å². The van der Waals surface area contributed by atoms with E-state index in [9.17, 15) is 0 Å². The maximum absolute atomic E-state index is 2.57. The fourth-order valence-corrected chi connectivity index (χ4v) is 1.45. The fourth-order valence-electron chi connectivity index (χ4n) is 1.45. The molecule has 1 saturated heterocycles. The van der Waals surface area contributed by atoms with Gasteiger partial charge in [-0.1, -0.05) is 41.0 Å². The molecule has 0 aromatic rings. The number of piperazine rings is 1. The molecule has 0 atom stereocenters. The van der Waals surface area contributed by atoms with Gasteiger partial charge in [0.15, 0.2) is 0 Å². The highest BCUT2D eigenvalue weighted by Gasteiger charge is 2.11. The van der Waals surface area contributed by atoms with Crippen molar-refractivity contribution in [1.29, 1.82) is 0 Å². The van der Waals surface area contributed by atoms with E-state index in [2.05, 4.69) is 23.8 Å². The van der Waals surface area contributed by atoms with Gasteiger partial charge in [0.1, 0.15) is 0 Å². The van der Waals surface area contributed by atoms with Crippen LogP contribution < -0.4 is 0 Å². The summed E-state index contributed by atoms with van der Waals surface area (Å²) in [6.07, 6.45) is 2.69. The average molecular weight is 216 g/mol. The number of hydrogen-bond acceptors (Lipinski definition) is 2. The Bertz CT molecular complexity index is 94.0.